The van der Waals surface area contributed by atoms with E-state index in [9.17, 15) is 12.8 Å². The van der Waals surface area contributed by atoms with Crippen molar-refractivity contribution in [1.29, 1.82) is 0 Å². The molecule has 2 heterocycles. The van der Waals surface area contributed by atoms with Gasteiger partial charge >= 0.3 is 0 Å². The van der Waals surface area contributed by atoms with Crippen LogP contribution in [-0.2, 0) is 28.7 Å². The van der Waals surface area contributed by atoms with Crippen LogP contribution in [0.3, 0.4) is 0 Å². The number of halogens is 2. The van der Waals surface area contributed by atoms with E-state index >= 15 is 0 Å². The van der Waals surface area contributed by atoms with Gasteiger partial charge in [-0.3, -0.25) is 0 Å². The number of imidazole rings is 1. The third kappa shape index (κ3) is 4.10. The number of rotatable bonds is 5. The summed E-state index contributed by atoms with van der Waals surface area (Å²) in [6.45, 7) is 1.17. The van der Waals surface area contributed by atoms with E-state index in [1.165, 1.54) is 18.2 Å². The van der Waals surface area contributed by atoms with Crippen molar-refractivity contribution in [3.63, 3.8) is 0 Å². The van der Waals surface area contributed by atoms with E-state index in [-0.39, 0.29) is 11.5 Å². The summed E-state index contributed by atoms with van der Waals surface area (Å²) in [5.74, 6) is 0.186. The van der Waals surface area contributed by atoms with Crippen molar-refractivity contribution in [2.45, 2.75) is 25.1 Å². The minimum Gasteiger partial charge on any atom is -0.335 e. The largest absolute Gasteiger partial charge is 0.335 e. The highest BCUT2D eigenvalue weighted by Gasteiger charge is 2.22. The molecular weight excluding hydrogens is 341 g/mol. The Morgan fingerprint density at radius 1 is 1.43 bits per heavy atom. The summed E-state index contributed by atoms with van der Waals surface area (Å²) in [6, 6.07) is 3.91. The van der Waals surface area contributed by atoms with Crippen molar-refractivity contribution >= 4 is 21.6 Å². The van der Waals surface area contributed by atoms with Crippen molar-refractivity contribution < 1.29 is 12.8 Å². The van der Waals surface area contributed by atoms with Crippen molar-refractivity contribution in [3.05, 3.63) is 52.8 Å². The molecule has 0 spiro atoms. The number of nitrogens with zero attached hydrogens (tertiary/aromatic N) is 2. The lowest BCUT2D eigenvalue weighted by Crippen LogP contribution is -2.34. The molecule has 0 fully saturated rings. The van der Waals surface area contributed by atoms with Crippen LogP contribution in [0, 0.1) is 11.7 Å². The summed E-state index contributed by atoms with van der Waals surface area (Å²) >= 11 is 5.79. The highest BCUT2D eigenvalue weighted by Crippen LogP contribution is 2.20. The van der Waals surface area contributed by atoms with Gasteiger partial charge in [0.25, 0.3) is 0 Å². The molecule has 2 aromatic rings. The van der Waals surface area contributed by atoms with Crippen LogP contribution in [0.1, 0.15) is 17.8 Å². The predicted molar refractivity (Wildman–Crippen MR) is 86.1 cm³/mol. The molecule has 1 N–H and O–H groups in total. The van der Waals surface area contributed by atoms with Gasteiger partial charge in [-0.05, 0) is 30.5 Å². The smallest absolute Gasteiger partial charge is 0.215 e. The molecule has 0 bridgehead atoms. The lowest BCUT2D eigenvalue weighted by molar-refractivity contribution is 0.379. The molecule has 8 heteroatoms. The van der Waals surface area contributed by atoms with Crippen LogP contribution in [-0.4, -0.2) is 24.5 Å². The molecule has 23 heavy (non-hydrogen) atoms. The van der Waals surface area contributed by atoms with Crippen molar-refractivity contribution in [1.82, 2.24) is 14.3 Å². The van der Waals surface area contributed by atoms with Gasteiger partial charge in [-0.15, -0.1) is 0 Å². The molecule has 1 unspecified atom stereocenters. The topological polar surface area (TPSA) is 64.0 Å². The maximum absolute atomic E-state index is 13.7. The van der Waals surface area contributed by atoms with Crippen molar-refractivity contribution in [3.8, 4) is 0 Å². The Labute approximate surface area is 139 Å². The molecular formula is C15H17ClFN3O2S. The molecule has 1 aliphatic heterocycles. The van der Waals surface area contributed by atoms with Crippen molar-refractivity contribution in [2.24, 2.45) is 5.92 Å². The number of benzene rings is 1. The average Bonchev–Trinajstić information content (AvgIpc) is 2.96. The highest BCUT2D eigenvalue weighted by molar-refractivity contribution is 7.88. The van der Waals surface area contributed by atoms with Gasteiger partial charge < -0.3 is 4.57 Å². The first-order valence-corrected chi connectivity index (χ1v) is 9.37. The van der Waals surface area contributed by atoms with Crippen LogP contribution in [0.5, 0.6) is 0 Å². The number of hydrogen-bond donors (Lipinski definition) is 1. The zero-order valence-electron chi connectivity index (χ0n) is 12.4. The maximum atomic E-state index is 13.7. The minimum absolute atomic E-state index is 0.0733. The van der Waals surface area contributed by atoms with Crippen LogP contribution < -0.4 is 4.72 Å². The normalized spacial score (nSPS) is 17.9. The second-order valence-corrected chi connectivity index (χ2v) is 7.98. The van der Waals surface area contributed by atoms with E-state index in [0.717, 1.165) is 25.2 Å². The molecule has 1 aliphatic rings. The summed E-state index contributed by atoms with van der Waals surface area (Å²) in [4.78, 5) is 4.26. The average molecular weight is 358 g/mol. The van der Waals surface area contributed by atoms with Crippen LogP contribution in [0.4, 0.5) is 4.39 Å². The number of fused-ring (bicyclic) bond motifs is 1. The number of aromatic nitrogens is 2. The molecule has 1 aromatic carbocycles. The van der Waals surface area contributed by atoms with E-state index in [2.05, 4.69) is 14.3 Å². The monoisotopic (exact) mass is 357 g/mol. The van der Waals surface area contributed by atoms with E-state index in [4.69, 9.17) is 11.6 Å². The Morgan fingerprint density at radius 2 is 2.26 bits per heavy atom. The van der Waals surface area contributed by atoms with Gasteiger partial charge in [0.05, 0.1) is 5.75 Å². The second kappa shape index (κ2) is 6.59. The number of sulfonamides is 1. The molecule has 5 nitrogen and oxygen atoms in total. The van der Waals surface area contributed by atoms with Crippen LogP contribution >= 0.6 is 11.6 Å². The summed E-state index contributed by atoms with van der Waals surface area (Å²) in [7, 11) is -3.61. The lowest BCUT2D eigenvalue weighted by atomic mass is 9.98. The maximum Gasteiger partial charge on any atom is 0.215 e. The fourth-order valence-electron chi connectivity index (χ4n) is 2.74. The fraction of sp³-hybridized carbons (Fsp3) is 0.400. The van der Waals surface area contributed by atoms with E-state index in [0.29, 0.717) is 11.6 Å². The summed E-state index contributed by atoms with van der Waals surface area (Å²) in [5.41, 5.74) is 0.0733. The molecule has 3 rings (SSSR count). The fourth-order valence-corrected chi connectivity index (χ4v) is 4.16. The first kappa shape index (κ1) is 16.4. The van der Waals surface area contributed by atoms with Crippen molar-refractivity contribution in [2.75, 3.05) is 6.54 Å². The number of nitrogens with one attached hydrogen (secondary N) is 1. The molecule has 0 aliphatic carbocycles. The molecule has 0 saturated heterocycles. The number of hydrogen-bond acceptors (Lipinski definition) is 3. The Kier molecular flexibility index (Phi) is 4.70. The van der Waals surface area contributed by atoms with Gasteiger partial charge in [-0.2, -0.15) is 0 Å². The Morgan fingerprint density at radius 3 is 3.09 bits per heavy atom. The van der Waals surface area contributed by atoms with Gasteiger partial charge in [0.1, 0.15) is 11.6 Å². The van der Waals surface area contributed by atoms with Gasteiger partial charge in [-0.1, -0.05) is 11.6 Å². The van der Waals surface area contributed by atoms with Crippen LogP contribution in [0.25, 0.3) is 0 Å². The molecule has 124 valence electrons. The molecule has 1 atom stereocenters. The second-order valence-electron chi connectivity index (χ2n) is 5.74. The Hall–Kier alpha value is -1.44. The highest BCUT2D eigenvalue weighted by atomic mass is 35.5. The Balaban J connectivity index is 1.60. The molecule has 0 amide bonds. The third-order valence-corrected chi connectivity index (χ3v) is 5.53. The van der Waals surface area contributed by atoms with E-state index in [1.54, 1.807) is 6.20 Å². The van der Waals surface area contributed by atoms with Crippen LogP contribution in [0.15, 0.2) is 30.6 Å². The van der Waals surface area contributed by atoms with Gasteiger partial charge in [0.2, 0.25) is 10.0 Å². The lowest BCUT2D eigenvalue weighted by Gasteiger charge is -2.23. The minimum atomic E-state index is -3.61. The van der Waals surface area contributed by atoms with Gasteiger partial charge in [-0.25, -0.2) is 22.5 Å². The zero-order valence-corrected chi connectivity index (χ0v) is 13.9. The molecule has 1 aromatic heterocycles. The number of aryl methyl sites for hydroxylation is 1. The molecule has 0 radical (unpaired) electrons. The standard InChI is InChI=1S/C15H17ClFN3O2S/c16-13-1-2-14(17)12(8-13)10-23(21,22)19-9-11-3-5-20-6-4-18-15(20)7-11/h1-2,4,6,8,11,19H,3,5,7,9-10H2. The summed E-state index contributed by atoms with van der Waals surface area (Å²) < 4.78 is 42.6. The zero-order chi connectivity index (χ0) is 16.4. The molecule has 0 saturated carbocycles. The third-order valence-electron chi connectivity index (χ3n) is 4.00. The predicted octanol–water partition coefficient (Wildman–Crippen LogP) is 2.36. The van der Waals surface area contributed by atoms with Crippen LogP contribution in [0.2, 0.25) is 5.02 Å². The van der Waals surface area contributed by atoms with E-state index < -0.39 is 21.6 Å². The SMILES string of the molecule is O=S(=O)(Cc1cc(Cl)ccc1F)NCC1CCn2ccnc2C1. The first-order valence-electron chi connectivity index (χ1n) is 7.34. The summed E-state index contributed by atoms with van der Waals surface area (Å²) in [6.07, 6.45) is 5.31. The van der Waals surface area contributed by atoms with E-state index in [1.807, 2.05) is 6.20 Å². The van der Waals surface area contributed by atoms with Gasteiger partial charge in [0, 0.05) is 42.5 Å². The van der Waals surface area contributed by atoms with Gasteiger partial charge in [0.15, 0.2) is 0 Å². The quantitative estimate of drug-likeness (QED) is 0.893. The first-order chi connectivity index (χ1) is 10.9. The summed E-state index contributed by atoms with van der Waals surface area (Å²) in [5, 5.41) is 0.315. The Bertz CT molecular complexity index is 807.